The summed E-state index contributed by atoms with van der Waals surface area (Å²) < 4.78 is 67.2. The predicted molar refractivity (Wildman–Crippen MR) is 131 cm³/mol. The van der Waals surface area contributed by atoms with Gasteiger partial charge in [0, 0.05) is 62.9 Å². The fraction of sp³-hybridized carbons (Fsp3) is 0.480. The summed E-state index contributed by atoms with van der Waals surface area (Å²) in [5.74, 6) is -3.21. The van der Waals surface area contributed by atoms with Crippen LogP contribution in [0.1, 0.15) is 28.8 Å². The first-order valence-corrected chi connectivity index (χ1v) is 12.4. The molecule has 0 aromatic heterocycles. The molecule has 37 heavy (non-hydrogen) atoms. The van der Waals surface area contributed by atoms with E-state index in [2.05, 4.69) is 5.32 Å². The van der Waals surface area contributed by atoms with Crippen LogP contribution in [0.15, 0.2) is 30.3 Å². The van der Waals surface area contributed by atoms with Crippen LogP contribution < -0.4 is 10.2 Å². The Balaban J connectivity index is 1.44. The number of rotatable bonds is 7. The molecule has 202 valence electrons. The number of benzene rings is 2. The number of piperazine rings is 1. The van der Waals surface area contributed by atoms with Gasteiger partial charge in [-0.15, -0.1) is 0 Å². The average molecular weight is 547 g/mol. The lowest BCUT2D eigenvalue weighted by Gasteiger charge is -2.37. The second-order valence-electron chi connectivity index (χ2n) is 9.39. The first-order valence-electron chi connectivity index (χ1n) is 12.0. The summed E-state index contributed by atoms with van der Waals surface area (Å²) in [7, 11) is 0. The Kier molecular flexibility index (Phi) is 8.57. The number of nitrogens with one attached hydrogen (secondary N) is 1. The van der Waals surface area contributed by atoms with Gasteiger partial charge in [0.2, 0.25) is 0 Å². The normalized spacial score (nSPS) is 19.4. The molecule has 2 heterocycles. The number of likely N-dealkylation sites (tertiary alicyclic amines) is 1. The van der Waals surface area contributed by atoms with Gasteiger partial charge in [0.1, 0.15) is 0 Å². The monoisotopic (exact) mass is 546 g/mol. The minimum Gasteiger partial charge on any atom is -0.392 e. The lowest BCUT2D eigenvalue weighted by Crippen LogP contribution is -2.47. The molecular formula is C25H28ClF5N4O2. The van der Waals surface area contributed by atoms with Crippen LogP contribution in [0.5, 0.6) is 0 Å². The molecule has 1 atom stereocenters. The number of carbonyl (C=O) groups excluding carboxylic acids is 1. The summed E-state index contributed by atoms with van der Waals surface area (Å²) in [4.78, 5) is 18.3. The number of halogens is 6. The molecule has 0 bridgehead atoms. The number of anilines is 2. The third-order valence-electron chi connectivity index (χ3n) is 6.68. The number of β-amino-alcohol motifs (C(OH)–C–C–N with tert-alkyl or cyclic N) is 1. The Morgan fingerprint density at radius 3 is 2.41 bits per heavy atom. The SMILES string of the molecule is O=C(Nc1ccc(Cl)cc1N1CCN(CCC(F)(F)F)CC1)c1ccc(CN2CCC(O)C2)c(F)c1F. The largest absolute Gasteiger partial charge is 0.392 e. The zero-order valence-corrected chi connectivity index (χ0v) is 20.8. The maximum absolute atomic E-state index is 14.9. The Labute approximate surface area is 216 Å². The molecule has 1 amide bonds. The van der Waals surface area contributed by atoms with Crippen LogP contribution in [-0.4, -0.2) is 78.9 Å². The van der Waals surface area contributed by atoms with E-state index in [1.165, 1.54) is 12.1 Å². The summed E-state index contributed by atoms with van der Waals surface area (Å²) >= 11 is 6.16. The number of hydrogen-bond donors (Lipinski definition) is 2. The van der Waals surface area contributed by atoms with E-state index in [1.807, 2.05) is 9.80 Å². The predicted octanol–water partition coefficient (Wildman–Crippen LogP) is 4.51. The number of nitrogens with zero attached hydrogens (tertiary/aromatic N) is 3. The van der Waals surface area contributed by atoms with Gasteiger partial charge in [-0.05, 0) is 30.7 Å². The van der Waals surface area contributed by atoms with Crippen LogP contribution in [0.3, 0.4) is 0 Å². The Hall–Kier alpha value is -2.47. The van der Waals surface area contributed by atoms with Gasteiger partial charge in [-0.1, -0.05) is 17.7 Å². The van der Waals surface area contributed by atoms with Crippen LogP contribution in [0.2, 0.25) is 5.02 Å². The third kappa shape index (κ3) is 7.10. The van der Waals surface area contributed by atoms with E-state index >= 15 is 0 Å². The fourth-order valence-corrected chi connectivity index (χ4v) is 4.81. The van der Waals surface area contributed by atoms with E-state index in [4.69, 9.17) is 11.6 Å². The molecule has 0 saturated carbocycles. The lowest BCUT2D eigenvalue weighted by molar-refractivity contribution is -0.138. The van der Waals surface area contributed by atoms with E-state index in [-0.39, 0.29) is 18.7 Å². The first kappa shape index (κ1) is 27.6. The zero-order valence-electron chi connectivity index (χ0n) is 20.0. The van der Waals surface area contributed by atoms with Crippen molar-refractivity contribution >= 4 is 28.9 Å². The highest BCUT2D eigenvalue weighted by molar-refractivity contribution is 6.31. The molecule has 6 nitrogen and oxygen atoms in total. The van der Waals surface area contributed by atoms with Crippen molar-refractivity contribution in [2.75, 3.05) is 56.0 Å². The Morgan fingerprint density at radius 2 is 1.76 bits per heavy atom. The van der Waals surface area contributed by atoms with E-state index in [9.17, 15) is 31.9 Å². The van der Waals surface area contributed by atoms with E-state index in [1.54, 1.807) is 23.1 Å². The first-order chi connectivity index (χ1) is 17.5. The highest BCUT2D eigenvalue weighted by Crippen LogP contribution is 2.31. The number of amides is 1. The van der Waals surface area contributed by atoms with Gasteiger partial charge in [-0.3, -0.25) is 14.6 Å². The standard InChI is InChI=1S/C25H28ClF5N4O2/c26-17-2-4-20(21(13-17)35-11-9-33(10-12-35)8-6-25(29,30)31)32-24(37)19-3-1-16(22(27)23(19)28)14-34-7-5-18(36)15-34/h1-4,13,18,36H,5-12,14-15H2,(H,32,37). The quantitative estimate of drug-likeness (QED) is 0.501. The number of aliphatic hydroxyl groups excluding tert-OH is 1. The van der Waals surface area contributed by atoms with Gasteiger partial charge >= 0.3 is 6.18 Å². The van der Waals surface area contributed by atoms with Gasteiger partial charge in [0.05, 0.1) is 29.5 Å². The molecule has 0 aliphatic carbocycles. The minimum absolute atomic E-state index is 0.0876. The molecular weight excluding hydrogens is 519 g/mol. The maximum atomic E-state index is 14.9. The zero-order chi connectivity index (χ0) is 26.7. The number of hydrogen-bond acceptors (Lipinski definition) is 5. The van der Waals surface area contributed by atoms with Gasteiger partial charge in [0.15, 0.2) is 11.6 Å². The van der Waals surface area contributed by atoms with Crippen molar-refractivity contribution < 1.29 is 31.9 Å². The average Bonchev–Trinajstić information content (AvgIpc) is 3.26. The molecule has 2 aliphatic heterocycles. The van der Waals surface area contributed by atoms with Gasteiger partial charge in [0.25, 0.3) is 5.91 Å². The molecule has 2 N–H and O–H groups in total. The number of alkyl halides is 3. The number of carbonyl (C=O) groups is 1. The van der Waals surface area contributed by atoms with Crippen molar-refractivity contribution in [2.45, 2.75) is 31.7 Å². The summed E-state index contributed by atoms with van der Waals surface area (Å²) in [6.45, 7) is 2.58. The minimum atomic E-state index is -4.22. The highest BCUT2D eigenvalue weighted by atomic mass is 35.5. The van der Waals surface area contributed by atoms with E-state index in [0.717, 1.165) is 0 Å². The number of aliphatic hydroxyl groups is 1. The fourth-order valence-electron chi connectivity index (χ4n) is 4.64. The van der Waals surface area contributed by atoms with Gasteiger partial charge in [-0.2, -0.15) is 13.2 Å². The molecule has 1 unspecified atom stereocenters. The summed E-state index contributed by atoms with van der Waals surface area (Å²) in [6, 6.07) is 7.30. The molecule has 2 aromatic carbocycles. The van der Waals surface area contributed by atoms with Crippen LogP contribution >= 0.6 is 11.6 Å². The van der Waals surface area contributed by atoms with Crippen LogP contribution in [-0.2, 0) is 6.54 Å². The third-order valence-corrected chi connectivity index (χ3v) is 6.92. The van der Waals surface area contributed by atoms with Gasteiger partial charge in [-0.25, -0.2) is 8.78 Å². The van der Waals surface area contributed by atoms with Crippen LogP contribution in [0.4, 0.5) is 33.3 Å². The molecule has 2 aliphatic rings. The molecule has 4 rings (SSSR count). The Bertz CT molecular complexity index is 1120. The molecule has 0 spiro atoms. The van der Waals surface area contributed by atoms with E-state index < -0.39 is 41.8 Å². The van der Waals surface area contributed by atoms with Crippen molar-refractivity contribution in [2.24, 2.45) is 0 Å². The van der Waals surface area contributed by atoms with Crippen molar-refractivity contribution in [3.63, 3.8) is 0 Å². The molecule has 2 aromatic rings. The van der Waals surface area contributed by atoms with Crippen LogP contribution in [0, 0.1) is 11.6 Å². The highest BCUT2D eigenvalue weighted by Gasteiger charge is 2.29. The smallest absolute Gasteiger partial charge is 0.390 e. The van der Waals surface area contributed by atoms with Crippen molar-refractivity contribution in [3.8, 4) is 0 Å². The summed E-state index contributed by atoms with van der Waals surface area (Å²) in [6.07, 6.45) is -5.02. The van der Waals surface area contributed by atoms with Crippen molar-refractivity contribution in [1.29, 1.82) is 0 Å². The van der Waals surface area contributed by atoms with Crippen LogP contribution in [0.25, 0.3) is 0 Å². The van der Waals surface area contributed by atoms with Crippen molar-refractivity contribution in [3.05, 3.63) is 58.1 Å². The molecule has 12 heteroatoms. The second-order valence-corrected chi connectivity index (χ2v) is 9.82. The van der Waals surface area contributed by atoms with Crippen molar-refractivity contribution in [1.82, 2.24) is 9.80 Å². The maximum Gasteiger partial charge on any atom is 0.390 e. The molecule has 2 saturated heterocycles. The topological polar surface area (TPSA) is 59.1 Å². The van der Waals surface area contributed by atoms with Gasteiger partial charge < -0.3 is 15.3 Å². The second kappa shape index (κ2) is 11.5. The summed E-state index contributed by atoms with van der Waals surface area (Å²) in [5.41, 5.74) is 0.508. The van der Waals surface area contributed by atoms with E-state index in [0.29, 0.717) is 62.1 Å². The molecule has 2 fully saturated rings. The molecule has 0 radical (unpaired) electrons. The Morgan fingerprint density at radius 1 is 1.03 bits per heavy atom. The summed E-state index contributed by atoms with van der Waals surface area (Å²) in [5, 5.41) is 12.7. The lowest BCUT2D eigenvalue weighted by atomic mass is 10.1.